The molecule has 1 N–H and O–H groups in total. The van der Waals surface area contributed by atoms with Gasteiger partial charge in [0.05, 0.1) is 6.10 Å². The summed E-state index contributed by atoms with van der Waals surface area (Å²) in [4.78, 5) is 0. The van der Waals surface area contributed by atoms with Crippen molar-refractivity contribution in [2.75, 3.05) is 12.1 Å². The Morgan fingerprint density at radius 3 is 2.56 bits per heavy atom. The predicted octanol–water partition coefficient (Wildman–Crippen LogP) is 2.52. The third-order valence-corrected chi connectivity index (χ3v) is 3.15. The molecule has 1 fully saturated rings. The molecule has 3 nitrogen and oxygen atoms in total. The van der Waals surface area contributed by atoms with Crippen LogP contribution in [0, 0.1) is 13.0 Å². The van der Waals surface area contributed by atoms with Gasteiger partial charge in [0.15, 0.2) is 0 Å². The number of hydrazone groups is 1. The normalized spacial score (nSPS) is 19.1. The van der Waals surface area contributed by atoms with Crippen molar-refractivity contribution < 1.29 is 37.8 Å². The molecular formula is C14H19N2OY-. The number of hydrogen-bond acceptors (Lipinski definition) is 3. The van der Waals surface area contributed by atoms with Crippen LogP contribution in [0.25, 0.3) is 0 Å². The molecule has 18 heavy (non-hydrogen) atoms. The van der Waals surface area contributed by atoms with E-state index in [1.165, 1.54) is 5.71 Å². The van der Waals surface area contributed by atoms with Crippen molar-refractivity contribution in [3.8, 4) is 0 Å². The zero-order valence-electron chi connectivity index (χ0n) is 11.1. The maximum Gasteiger partial charge on any atom is 0.0547 e. The first-order chi connectivity index (χ1) is 8.15. The topological polar surface area (TPSA) is 35.8 Å². The van der Waals surface area contributed by atoms with Gasteiger partial charge in [-0.15, -0.1) is 6.07 Å². The van der Waals surface area contributed by atoms with Crippen molar-refractivity contribution in [3.05, 3.63) is 29.8 Å². The Morgan fingerprint density at radius 1 is 1.33 bits per heavy atom. The molecule has 1 saturated carbocycles. The molecule has 0 saturated heterocycles. The summed E-state index contributed by atoms with van der Waals surface area (Å²) >= 11 is 0. The molecule has 0 spiro atoms. The van der Waals surface area contributed by atoms with Gasteiger partial charge in [0.25, 0.3) is 0 Å². The number of benzene rings is 1. The van der Waals surface area contributed by atoms with Gasteiger partial charge in [0, 0.05) is 45.5 Å². The quantitative estimate of drug-likeness (QED) is 0.671. The van der Waals surface area contributed by atoms with E-state index >= 15 is 0 Å². The van der Waals surface area contributed by atoms with Crippen molar-refractivity contribution in [3.63, 3.8) is 0 Å². The Bertz CT molecular complexity index is 393. The Hall–Kier alpha value is -0.246. The molecule has 1 aliphatic rings. The van der Waals surface area contributed by atoms with Crippen LogP contribution in [0.4, 0.5) is 5.69 Å². The monoisotopic (exact) mass is 320 g/mol. The Morgan fingerprint density at radius 2 is 2.00 bits per heavy atom. The molecule has 0 bridgehead atoms. The van der Waals surface area contributed by atoms with Gasteiger partial charge < -0.3 is 10.1 Å². The largest absolute Gasteiger partial charge is 0.393 e. The van der Waals surface area contributed by atoms with Crippen LogP contribution in [0.3, 0.4) is 0 Å². The predicted molar refractivity (Wildman–Crippen MR) is 70.3 cm³/mol. The Kier molecular flexibility index (Phi) is 6.47. The van der Waals surface area contributed by atoms with Gasteiger partial charge in [-0.2, -0.15) is 28.9 Å². The van der Waals surface area contributed by atoms with E-state index in [2.05, 4.69) is 11.2 Å². The van der Waals surface area contributed by atoms with E-state index in [0.717, 1.165) is 36.9 Å². The van der Waals surface area contributed by atoms with E-state index in [1.807, 2.05) is 37.2 Å². The van der Waals surface area contributed by atoms with E-state index in [4.69, 9.17) is 0 Å². The minimum atomic E-state index is -0.132. The van der Waals surface area contributed by atoms with Gasteiger partial charge in [-0.25, -0.2) is 0 Å². The third-order valence-electron chi connectivity index (χ3n) is 3.15. The summed E-state index contributed by atoms with van der Waals surface area (Å²) in [5.74, 6) is 0. The zero-order valence-corrected chi connectivity index (χ0v) is 13.9. The fourth-order valence-electron chi connectivity index (χ4n) is 2.00. The van der Waals surface area contributed by atoms with E-state index in [9.17, 15) is 5.11 Å². The Balaban J connectivity index is 0.00000162. The van der Waals surface area contributed by atoms with Gasteiger partial charge in [0.1, 0.15) is 0 Å². The van der Waals surface area contributed by atoms with E-state index in [0.29, 0.717) is 0 Å². The molecule has 0 aliphatic heterocycles. The Labute approximate surface area is 134 Å². The average molecular weight is 320 g/mol. The zero-order chi connectivity index (χ0) is 12.3. The molecule has 1 aromatic carbocycles. The molecule has 0 aromatic heterocycles. The van der Waals surface area contributed by atoms with Crippen LogP contribution in [-0.4, -0.2) is 24.0 Å². The first kappa shape index (κ1) is 15.8. The molecule has 0 atom stereocenters. The van der Waals surface area contributed by atoms with Crippen LogP contribution >= 0.6 is 0 Å². The first-order valence-electron chi connectivity index (χ1n) is 6.11. The number of aryl methyl sites for hydroxylation is 1. The van der Waals surface area contributed by atoms with Crippen LogP contribution in [0.2, 0.25) is 0 Å². The number of aliphatic hydroxyl groups excluding tert-OH is 1. The summed E-state index contributed by atoms with van der Waals surface area (Å²) in [5, 5.41) is 15.9. The molecule has 4 heteroatoms. The fraction of sp³-hybridized carbons (Fsp3) is 0.500. The maximum atomic E-state index is 9.44. The molecular weight excluding hydrogens is 301 g/mol. The molecule has 1 aliphatic carbocycles. The molecule has 95 valence electrons. The summed E-state index contributed by atoms with van der Waals surface area (Å²) in [6.07, 6.45) is 3.36. The summed E-state index contributed by atoms with van der Waals surface area (Å²) in [7, 11) is 1.95. The van der Waals surface area contributed by atoms with Crippen molar-refractivity contribution in [1.82, 2.24) is 0 Å². The maximum absolute atomic E-state index is 9.44. The van der Waals surface area contributed by atoms with Crippen LogP contribution in [0.1, 0.15) is 31.2 Å². The van der Waals surface area contributed by atoms with Crippen molar-refractivity contribution >= 4 is 11.4 Å². The summed E-state index contributed by atoms with van der Waals surface area (Å²) in [6, 6.07) is 9.22. The average Bonchev–Trinajstić information content (AvgIpc) is 2.33. The summed E-state index contributed by atoms with van der Waals surface area (Å²) in [5.41, 5.74) is 3.36. The van der Waals surface area contributed by atoms with Gasteiger partial charge in [-0.05, 0) is 25.7 Å². The van der Waals surface area contributed by atoms with Crippen molar-refractivity contribution in [1.29, 1.82) is 0 Å². The van der Waals surface area contributed by atoms with Gasteiger partial charge in [0.2, 0.25) is 0 Å². The molecule has 1 aromatic rings. The standard InChI is InChI=1S/C14H19N2O.Y/c1-11-3-7-13(8-4-11)16(2)15-12-5-9-14(17)10-6-12;/h3,7-8,14,17H,5-6,9-10H2,1-2H3;/q-1;. The number of rotatable bonds is 2. The second kappa shape index (κ2) is 7.37. The molecule has 0 unspecified atom stereocenters. The molecule has 0 amide bonds. The SMILES string of the molecule is Cc1[c-]cc(N(C)N=C2CCC(O)CC2)cc1.[Y]. The number of hydrogen-bond donors (Lipinski definition) is 1. The van der Waals surface area contributed by atoms with Crippen molar-refractivity contribution in [2.45, 2.75) is 38.7 Å². The molecule has 2 rings (SSSR count). The van der Waals surface area contributed by atoms with Gasteiger partial charge in [-0.1, -0.05) is 12.6 Å². The number of nitrogens with zero attached hydrogens (tertiary/aromatic N) is 2. The van der Waals surface area contributed by atoms with Crippen molar-refractivity contribution in [2.24, 2.45) is 5.10 Å². The second-order valence-corrected chi connectivity index (χ2v) is 4.65. The molecule has 0 heterocycles. The molecule has 1 radical (unpaired) electrons. The summed E-state index contributed by atoms with van der Waals surface area (Å²) < 4.78 is 0. The first-order valence-corrected chi connectivity index (χ1v) is 6.11. The number of anilines is 1. The van der Waals surface area contributed by atoms with Crippen LogP contribution < -0.4 is 5.01 Å². The van der Waals surface area contributed by atoms with E-state index in [1.54, 1.807) is 0 Å². The minimum absolute atomic E-state index is 0. The van der Waals surface area contributed by atoms with Gasteiger partial charge in [-0.3, -0.25) is 0 Å². The summed E-state index contributed by atoms with van der Waals surface area (Å²) in [6.45, 7) is 2.03. The minimum Gasteiger partial charge on any atom is -0.393 e. The number of aliphatic hydroxyl groups is 1. The van der Waals surface area contributed by atoms with Crippen LogP contribution in [0.15, 0.2) is 23.3 Å². The fourth-order valence-corrected chi connectivity index (χ4v) is 2.00. The van der Waals surface area contributed by atoms with Gasteiger partial charge >= 0.3 is 0 Å². The van der Waals surface area contributed by atoms with E-state index < -0.39 is 0 Å². The van der Waals surface area contributed by atoms with E-state index in [-0.39, 0.29) is 38.8 Å². The third kappa shape index (κ3) is 4.45. The van der Waals surface area contributed by atoms with Crippen LogP contribution in [0.5, 0.6) is 0 Å². The van der Waals surface area contributed by atoms with Crippen LogP contribution in [-0.2, 0) is 32.7 Å². The second-order valence-electron chi connectivity index (χ2n) is 4.65. The smallest absolute Gasteiger partial charge is 0.0547 e.